The molecule has 1 amide bonds. The number of Topliss-reactive ketones (excluding diaryl/α,β-unsaturated/α-hetero) is 1. The first-order valence-corrected chi connectivity index (χ1v) is 12.0. The Balaban J connectivity index is 1.77. The zero-order valence-electron chi connectivity index (χ0n) is 20.3. The van der Waals surface area contributed by atoms with E-state index in [-0.39, 0.29) is 32.5 Å². The number of nitrogens with zero attached hydrogens (tertiary/aromatic N) is 4. The second-order valence-electron chi connectivity index (χ2n) is 8.52. The van der Waals surface area contributed by atoms with Gasteiger partial charge in [-0.3, -0.25) is 14.5 Å². The molecule has 0 aliphatic carbocycles. The number of aliphatic hydroxyl groups excluding tert-OH is 1. The molecule has 0 bridgehead atoms. The molecule has 1 saturated heterocycles. The van der Waals surface area contributed by atoms with E-state index in [1.165, 1.54) is 25.3 Å². The fraction of sp³-hybridized carbons (Fsp3) is 0.192. The number of aromatic nitrogens is 3. The van der Waals surface area contributed by atoms with Crippen molar-refractivity contribution in [1.29, 1.82) is 0 Å². The number of ketones is 1. The van der Waals surface area contributed by atoms with Gasteiger partial charge in [0.1, 0.15) is 28.1 Å². The van der Waals surface area contributed by atoms with E-state index < -0.39 is 35.3 Å². The molecule has 11 heteroatoms. The molecule has 37 heavy (non-hydrogen) atoms. The van der Waals surface area contributed by atoms with Crippen molar-refractivity contribution in [3.05, 3.63) is 87.1 Å². The van der Waals surface area contributed by atoms with Crippen LogP contribution in [0.4, 0.5) is 9.52 Å². The van der Waals surface area contributed by atoms with Gasteiger partial charge in [-0.1, -0.05) is 35.6 Å². The van der Waals surface area contributed by atoms with Gasteiger partial charge in [-0.05, 0) is 38.5 Å². The average Bonchev–Trinajstić information content (AvgIpc) is 3.51. The van der Waals surface area contributed by atoms with E-state index in [0.717, 1.165) is 21.8 Å². The van der Waals surface area contributed by atoms with Crippen molar-refractivity contribution >= 4 is 45.5 Å². The highest BCUT2D eigenvalue weighted by molar-refractivity contribution is 7.17. The third-order valence-corrected chi connectivity index (χ3v) is 7.45. The van der Waals surface area contributed by atoms with Crippen molar-refractivity contribution in [2.24, 2.45) is 0 Å². The van der Waals surface area contributed by atoms with Crippen LogP contribution >= 0.6 is 11.3 Å². The lowest BCUT2D eigenvalue weighted by molar-refractivity contribution is -0.132. The van der Waals surface area contributed by atoms with Crippen LogP contribution in [0.25, 0.3) is 11.4 Å². The Morgan fingerprint density at radius 2 is 1.84 bits per heavy atom. The van der Waals surface area contributed by atoms with Gasteiger partial charge in [0.15, 0.2) is 10.9 Å². The molecule has 3 aromatic heterocycles. The minimum absolute atomic E-state index is 0.00475. The monoisotopic (exact) mass is 520 g/mol. The van der Waals surface area contributed by atoms with Crippen LogP contribution in [0.15, 0.2) is 48.2 Å². The van der Waals surface area contributed by atoms with Gasteiger partial charge in [-0.25, -0.2) is 19.2 Å². The number of thiazole rings is 1. The first kappa shape index (κ1) is 24.3. The molecule has 5 rings (SSSR count). The summed E-state index contributed by atoms with van der Waals surface area (Å²) in [5.41, 5.74) is 1.97. The zero-order valence-corrected chi connectivity index (χ0v) is 21.1. The van der Waals surface area contributed by atoms with Crippen molar-refractivity contribution in [3.8, 4) is 0 Å². The molecule has 1 fully saturated rings. The second kappa shape index (κ2) is 8.93. The maximum atomic E-state index is 15.1. The summed E-state index contributed by atoms with van der Waals surface area (Å²) in [6, 6.07) is 7.99. The molecule has 1 aliphatic heterocycles. The van der Waals surface area contributed by atoms with Gasteiger partial charge in [-0.15, -0.1) is 0 Å². The van der Waals surface area contributed by atoms with E-state index in [2.05, 4.69) is 9.97 Å². The number of aryl methyl sites for hydroxylation is 3. The van der Waals surface area contributed by atoms with E-state index in [9.17, 15) is 19.5 Å². The van der Waals surface area contributed by atoms with E-state index in [4.69, 9.17) is 4.74 Å². The first-order chi connectivity index (χ1) is 17.6. The normalized spacial score (nSPS) is 17.1. The molecule has 0 spiro atoms. The highest BCUT2D eigenvalue weighted by atomic mass is 32.1. The summed E-state index contributed by atoms with van der Waals surface area (Å²) >= 11 is 0.839. The van der Waals surface area contributed by atoms with Crippen LogP contribution in [-0.4, -0.2) is 44.2 Å². The highest BCUT2D eigenvalue weighted by Crippen LogP contribution is 2.44. The SMILES string of the molecule is COC(=O)c1sc(N2C(=O)C(=O)C(=C(O)c3nc4c(C)cccn4c3C)C2c2ccccc2F)nc1C. The Hall–Kier alpha value is -4.38. The molecule has 188 valence electrons. The molecular weight excluding hydrogens is 499 g/mol. The third-order valence-electron chi connectivity index (χ3n) is 6.31. The molecule has 4 heterocycles. The average molecular weight is 521 g/mol. The van der Waals surface area contributed by atoms with Crippen LogP contribution in [0.3, 0.4) is 0 Å². The number of halogens is 1. The Morgan fingerprint density at radius 3 is 2.51 bits per heavy atom. The van der Waals surface area contributed by atoms with Crippen LogP contribution < -0.4 is 4.90 Å². The van der Waals surface area contributed by atoms with Crippen LogP contribution in [0.1, 0.15) is 43.9 Å². The number of carbonyl (C=O) groups is 3. The number of anilines is 1. The summed E-state index contributed by atoms with van der Waals surface area (Å²) in [4.78, 5) is 48.9. The fourth-order valence-electron chi connectivity index (χ4n) is 4.46. The van der Waals surface area contributed by atoms with Crippen molar-refractivity contribution in [2.75, 3.05) is 12.0 Å². The molecule has 1 unspecified atom stereocenters. The van der Waals surface area contributed by atoms with Crippen molar-refractivity contribution in [3.63, 3.8) is 0 Å². The van der Waals surface area contributed by atoms with Gasteiger partial charge in [-0.2, -0.15) is 0 Å². The number of methoxy groups -OCH3 is 1. The zero-order chi connectivity index (χ0) is 26.6. The van der Waals surface area contributed by atoms with Gasteiger partial charge >= 0.3 is 11.9 Å². The van der Waals surface area contributed by atoms with E-state index >= 15 is 4.39 Å². The number of pyridine rings is 1. The summed E-state index contributed by atoms with van der Waals surface area (Å²) in [7, 11) is 1.21. The maximum absolute atomic E-state index is 15.1. The number of aliphatic hydroxyl groups is 1. The van der Waals surface area contributed by atoms with Crippen LogP contribution in [0, 0.1) is 26.6 Å². The summed E-state index contributed by atoms with van der Waals surface area (Å²) in [6.07, 6.45) is 1.76. The highest BCUT2D eigenvalue weighted by Gasteiger charge is 2.49. The summed E-state index contributed by atoms with van der Waals surface area (Å²) in [6.45, 7) is 5.13. The predicted molar refractivity (Wildman–Crippen MR) is 134 cm³/mol. The number of fused-ring (bicyclic) bond motifs is 1. The Labute approximate surface area is 214 Å². The number of amides is 1. The first-order valence-electron chi connectivity index (χ1n) is 11.2. The number of esters is 1. The maximum Gasteiger partial charge on any atom is 0.350 e. The molecule has 4 aromatic rings. The lowest BCUT2D eigenvalue weighted by Gasteiger charge is -2.23. The van der Waals surface area contributed by atoms with E-state index in [1.54, 1.807) is 30.5 Å². The van der Waals surface area contributed by atoms with Crippen molar-refractivity contribution in [2.45, 2.75) is 26.8 Å². The number of rotatable bonds is 4. The van der Waals surface area contributed by atoms with E-state index in [1.807, 2.05) is 19.1 Å². The van der Waals surface area contributed by atoms with Crippen LogP contribution in [0.2, 0.25) is 0 Å². The Kier molecular flexibility index (Phi) is 5.87. The number of benzene rings is 1. The summed E-state index contributed by atoms with van der Waals surface area (Å²) in [5.74, 6) is -3.91. The fourth-order valence-corrected chi connectivity index (χ4v) is 5.47. The minimum atomic E-state index is -1.34. The smallest absolute Gasteiger partial charge is 0.350 e. The summed E-state index contributed by atoms with van der Waals surface area (Å²) in [5, 5.41) is 11.4. The standard InChI is InChI=1S/C26H21FN4O5S/c1-12-8-7-11-30-14(3)18(29-23(12)30)20(32)17-19(15-9-5-6-10-16(15)27)31(24(34)21(17)33)26-28-13(2)22(37-26)25(35)36-4/h5-11,19,32H,1-4H3. The van der Waals surface area contributed by atoms with E-state index in [0.29, 0.717) is 11.3 Å². The third kappa shape index (κ3) is 3.70. The lowest BCUT2D eigenvalue weighted by Crippen LogP contribution is -2.29. The number of hydrogen-bond donors (Lipinski definition) is 1. The second-order valence-corrected chi connectivity index (χ2v) is 9.50. The number of hydrogen-bond acceptors (Lipinski definition) is 8. The predicted octanol–water partition coefficient (Wildman–Crippen LogP) is 4.27. The lowest BCUT2D eigenvalue weighted by atomic mass is 9.96. The molecule has 9 nitrogen and oxygen atoms in total. The minimum Gasteiger partial charge on any atom is -0.505 e. The summed E-state index contributed by atoms with van der Waals surface area (Å²) < 4.78 is 21.7. The molecule has 1 aliphatic rings. The Bertz CT molecular complexity index is 1650. The number of carbonyl (C=O) groups excluding carboxylic acids is 3. The van der Waals surface area contributed by atoms with Crippen molar-refractivity contribution in [1.82, 2.24) is 14.4 Å². The molecule has 1 aromatic carbocycles. The van der Waals surface area contributed by atoms with Gasteiger partial charge < -0.3 is 14.2 Å². The van der Waals surface area contributed by atoms with Crippen LogP contribution in [0.5, 0.6) is 0 Å². The van der Waals surface area contributed by atoms with Gasteiger partial charge in [0.05, 0.1) is 24.1 Å². The number of imidazole rings is 1. The topological polar surface area (TPSA) is 114 Å². The van der Waals surface area contributed by atoms with Crippen LogP contribution in [-0.2, 0) is 14.3 Å². The Morgan fingerprint density at radius 1 is 1.11 bits per heavy atom. The quantitative estimate of drug-likeness (QED) is 0.185. The van der Waals surface area contributed by atoms with Gasteiger partial charge in [0, 0.05) is 11.8 Å². The molecule has 0 radical (unpaired) electrons. The van der Waals surface area contributed by atoms with Gasteiger partial charge in [0.2, 0.25) is 0 Å². The molecule has 0 saturated carbocycles. The molecule has 1 atom stereocenters. The molecule has 1 N–H and O–H groups in total. The molecular formula is C26H21FN4O5S. The number of ether oxygens (including phenoxy) is 1. The van der Waals surface area contributed by atoms with Gasteiger partial charge in [0.25, 0.3) is 5.78 Å². The van der Waals surface area contributed by atoms with Crippen molar-refractivity contribution < 1.29 is 28.6 Å². The largest absolute Gasteiger partial charge is 0.505 e.